The van der Waals surface area contributed by atoms with Gasteiger partial charge in [-0.1, -0.05) is 42.8 Å². The zero-order chi connectivity index (χ0) is 20.8. The van der Waals surface area contributed by atoms with Crippen molar-refractivity contribution in [3.05, 3.63) is 76.1 Å². The van der Waals surface area contributed by atoms with Crippen molar-refractivity contribution in [2.45, 2.75) is 20.3 Å². The van der Waals surface area contributed by atoms with Gasteiger partial charge in [-0.25, -0.2) is 0 Å². The molecule has 4 nitrogen and oxygen atoms in total. The summed E-state index contributed by atoms with van der Waals surface area (Å²) in [6.07, 6.45) is 3.67. The summed E-state index contributed by atoms with van der Waals surface area (Å²) in [7, 11) is 0. The Morgan fingerprint density at radius 2 is 1.72 bits per heavy atom. The molecule has 1 heterocycles. The van der Waals surface area contributed by atoms with Crippen molar-refractivity contribution >= 4 is 52.2 Å². The number of benzene rings is 2. The van der Waals surface area contributed by atoms with E-state index >= 15 is 0 Å². The number of anilines is 2. The lowest BCUT2D eigenvalue weighted by atomic mass is 10.1. The van der Waals surface area contributed by atoms with E-state index in [1.165, 1.54) is 6.08 Å². The molecule has 0 aliphatic heterocycles. The maximum atomic E-state index is 12.4. The Balaban J connectivity index is 1.69. The van der Waals surface area contributed by atoms with E-state index in [-0.39, 0.29) is 11.8 Å². The van der Waals surface area contributed by atoms with E-state index in [2.05, 4.69) is 10.6 Å². The van der Waals surface area contributed by atoms with Gasteiger partial charge in [-0.05, 0) is 48.9 Å². The monoisotopic (exact) mass is 424 g/mol. The van der Waals surface area contributed by atoms with Gasteiger partial charge in [0.15, 0.2) is 0 Å². The quantitative estimate of drug-likeness (QED) is 0.451. The molecule has 148 valence electrons. The molecule has 29 heavy (non-hydrogen) atoms. The number of nitrogens with one attached hydrogen (secondary N) is 2. The largest absolute Gasteiger partial charge is 0.326 e. The molecule has 0 saturated carbocycles. The van der Waals surface area contributed by atoms with Crippen molar-refractivity contribution in [2.75, 3.05) is 10.6 Å². The van der Waals surface area contributed by atoms with Crippen molar-refractivity contribution in [1.29, 1.82) is 0 Å². The van der Waals surface area contributed by atoms with Gasteiger partial charge in [-0.3, -0.25) is 9.59 Å². The Morgan fingerprint density at radius 1 is 1.00 bits per heavy atom. The van der Waals surface area contributed by atoms with Crippen LogP contribution in [0.5, 0.6) is 0 Å². The van der Waals surface area contributed by atoms with Gasteiger partial charge in [0.2, 0.25) is 11.8 Å². The minimum absolute atomic E-state index is 0.0662. The molecular formula is C23H21ClN2O2S. The van der Waals surface area contributed by atoms with Crippen LogP contribution in [0.25, 0.3) is 16.5 Å². The Hall–Kier alpha value is -2.89. The summed E-state index contributed by atoms with van der Waals surface area (Å²) >= 11 is 7.82. The fourth-order valence-corrected chi connectivity index (χ4v) is 3.97. The van der Waals surface area contributed by atoms with Crippen LogP contribution >= 0.6 is 22.9 Å². The van der Waals surface area contributed by atoms with Gasteiger partial charge < -0.3 is 10.6 Å². The van der Waals surface area contributed by atoms with Crippen LogP contribution in [0.3, 0.4) is 0 Å². The molecule has 0 bridgehead atoms. The van der Waals surface area contributed by atoms with Crippen molar-refractivity contribution in [3.63, 3.8) is 0 Å². The van der Waals surface area contributed by atoms with Gasteiger partial charge in [0.05, 0.1) is 0 Å². The lowest BCUT2D eigenvalue weighted by Gasteiger charge is -2.12. The Kier molecular flexibility index (Phi) is 6.86. The van der Waals surface area contributed by atoms with Gasteiger partial charge in [-0.2, -0.15) is 0 Å². The lowest BCUT2D eigenvalue weighted by molar-refractivity contribution is -0.116. The highest BCUT2D eigenvalue weighted by atomic mass is 35.5. The predicted molar refractivity (Wildman–Crippen MR) is 123 cm³/mol. The number of amides is 2. The van der Waals surface area contributed by atoms with E-state index < -0.39 is 0 Å². The summed E-state index contributed by atoms with van der Waals surface area (Å²) in [6.45, 7) is 3.66. The molecule has 1 aromatic heterocycles. The molecule has 0 fully saturated rings. The van der Waals surface area contributed by atoms with Crippen molar-refractivity contribution in [1.82, 2.24) is 0 Å². The Morgan fingerprint density at radius 3 is 2.45 bits per heavy atom. The molecule has 0 radical (unpaired) electrons. The number of carbonyl (C=O) groups excluding carboxylic acids is 2. The van der Waals surface area contributed by atoms with Crippen LogP contribution < -0.4 is 10.6 Å². The summed E-state index contributed by atoms with van der Waals surface area (Å²) in [6, 6.07) is 17.1. The predicted octanol–water partition coefficient (Wildman–Crippen LogP) is 6.38. The van der Waals surface area contributed by atoms with Crippen LogP contribution in [0.15, 0.2) is 60.7 Å². The van der Waals surface area contributed by atoms with Crippen LogP contribution in [0, 0.1) is 6.92 Å². The maximum Gasteiger partial charge on any atom is 0.248 e. The standard InChI is InChI=1S/C23H21ClN2O2S/c1-3-22(27)25-19-9-6-10-20(15(19)2)26-23(28)14-12-16-11-13-21(29-16)17-7-4-5-8-18(17)24/h4-14H,3H2,1-2H3,(H,25,27)(H,26,28)/b14-12+. The summed E-state index contributed by atoms with van der Waals surface area (Å²) < 4.78 is 0. The maximum absolute atomic E-state index is 12.4. The highest BCUT2D eigenvalue weighted by Gasteiger charge is 2.09. The van der Waals surface area contributed by atoms with E-state index in [9.17, 15) is 9.59 Å². The molecule has 0 spiro atoms. The van der Waals surface area contributed by atoms with E-state index in [1.807, 2.05) is 55.5 Å². The lowest BCUT2D eigenvalue weighted by Crippen LogP contribution is -2.13. The first-order valence-corrected chi connectivity index (χ1v) is 10.4. The summed E-state index contributed by atoms with van der Waals surface area (Å²) in [5.41, 5.74) is 3.15. The van der Waals surface area contributed by atoms with Crippen LogP contribution in [0.1, 0.15) is 23.8 Å². The van der Waals surface area contributed by atoms with Crippen molar-refractivity contribution < 1.29 is 9.59 Å². The molecule has 0 unspecified atom stereocenters. The van der Waals surface area contributed by atoms with Crippen LogP contribution in [-0.2, 0) is 9.59 Å². The van der Waals surface area contributed by atoms with E-state index in [0.717, 1.165) is 20.9 Å². The number of hydrogen-bond donors (Lipinski definition) is 2. The topological polar surface area (TPSA) is 58.2 Å². The van der Waals surface area contributed by atoms with Gasteiger partial charge in [0.1, 0.15) is 0 Å². The highest BCUT2D eigenvalue weighted by Crippen LogP contribution is 2.33. The zero-order valence-corrected chi connectivity index (χ0v) is 17.7. The van der Waals surface area contributed by atoms with Crippen molar-refractivity contribution in [3.8, 4) is 10.4 Å². The van der Waals surface area contributed by atoms with Crippen LogP contribution in [0.4, 0.5) is 11.4 Å². The molecule has 6 heteroatoms. The first-order chi connectivity index (χ1) is 14.0. The molecule has 0 saturated heterocycles. The van der Waals surface area contributed by atoms with Gasteiger partial charge in [0, 0.05) is 44.2 Å². The number of halogens is 1. The number of rotatable bonds is 6. The minimum atomic E-state index is -0.236. The third-order valence-electron chi connectivity index (χ3n) is 4.35. The molecule has 2 amide bonds. The normalized spacial score (nSPS) is 10.9. The van der Waals surface area contributed by atoms with Gasteiger partial charge in [0.25, 0.3) is 0 Å². The summed E-state index contributed by atoms with van der Waals surface area (Å²) in [4.78, 5) is 26.0. The molecule has 2 N–H and O–H groups in total. The average Bonchev–Trinajstić information content (AvgIpc) is 3.18. The number of hydrogen-bond acceptors (Lipinski definition) is 3. The molecule has 2 aromatic carbocycles. The van der Waals surface area contributed by atoms with E-state index in [0.29, 0.717) is 22.8 Å². The molecule has 0 aliphatic rings. The third-order valence-corrected chi connectivity index (χ3v) is 5.77. The van der Waals surface area contributed by atoms with Crippen molar-refractivity contribution in [2.24, 2.45) is 0 Å². The molecule has 3 aromatic rings. The number of carbonyl (C=O) groups is 2. The first kappa shape index (κ1) is 20.8. The smallest absolute Gasteiger partial charge is 0.248 e. The third kappa shape index (κ3) is 5.34. The Labute approximate surface area is 179 Å². The fourth-order valence-electron chi connectivity index (χ4n) is 2.73. The average molecular weight is 425 g/mol. The highest BCUT2D eigenvalue weighted by molar-refractivity contribution is 7.16. The number of thiophene rings is 1. The molecule has 3 rings (SSSR count). The second-order valence-corrected chi connectivity index (χ2v) is 7.91. The van der Waals surface area contributed by atoms with Gasteiger partial charge in [-0.15, -0.1) is 11.3 Å². The van der Waals surface area contributed by atoms with Crippen LogP contribution in [0.2, 0.25) is 5.02 Å². The second kappa shape index (κ2) is 9.54. The van der Waals surface area contributed by atoms with Crippen LogP contribution in [-0.4, -0.2) is 11.8 Å². The molecule has 0 aliphatic carbocycles. The summed E-state index contributed by atoms with van der Waals surface area (Å²) in [5, 5.41) is 6.41. The zero-order valence-electron chi connectivity index (χ0n) is 16.2. The molecule has 0 atom stereocenters. The second-order valence-electron chi connectivity index (χ2n) is 6.38. The summed E-state index contributed by atoms with van der Waals surface area (Å²) in [5.74, 6) is -0.303. The minimum Gasteiger partial charge on any atom is -0.326 e. The first-order valence-electron chi connectivity index (χ1n) is 9.21. The SMILES string of the molecule is CCC(=O)Nc1cccc(NC(=O)/C=C/c2ccc(-c3ccccc3Cl)s2)c1C. The van der Waals surface area contributed by atoms with E-state index in [1.54, 1.807) is 30.4 Å². The fraction of sp³-hybridized carbons (Fsp3) is 0.130. The Bertz CT molecular complexity index is 1070. The molecular weight excluding hydrogens is 404 g/mol. The van der Waals surface area contributed by atoms with E-state index in [4.69, 9.17) is 11.6 Å². The van der Waals surface area contributed by atoms with Gasteiger partial charge >= 0.3 is 0 Å².